The largest absolute Gasteiger partial charge is 0.376 e. The summed E-state index contributed by atoms with van der Waals surface area (Å²) >= 11 is 4.64. The first-order chi connectivity index (χ1) is 6.50. The molecule has 3 nitrogen and oxygen atoms in total. The van der Waals surface area contributed by atoms with Crippen molar-refractivity contribution >= 4 is 28.7 Å². The minimum atomic E-state index is -0.309. The molecule has 1 rings (SSSR count). The van der Waals surface area contributed by atoms with E-state index in [1.54, 1.807) is 31.1 Å². The SMILES string of the molecule is CN(C)c1ccc(NC(N)=S)cc1F. The molecule has 0 aliphatic heterocycles. The van der Waals surface area contributed by atoms with Crippen LogP contribution in [-0.4, -0.2) is 19.2 Å². The Balaban J connectivity index is 2.94. The van der Waals surface area contributed by atoms with Gasteiger partial charge in [0.25, 0.3) is 0 Å². The minimum absolute atomic E-state index is 0.127. The second-order valence-electron chi connectivity index (χ2n) is 3.05. The number of hydrogen-bond acceptors (Lipinski definition) is 2. The molecule has 0 saturated heterocycles. The van der Waals surface area contributed by atoms with Gasteiger partial charge in [-0.2, -0.15) is 0 Å². The van der Waals surface area contributed by atoms with E-state index in [0.29, 0.717) is 11.4 Å². The molecule has 0 bridgehead atoms. The summed E-state index contributed by atoms with van der Waals surface area (Å²) in [6.45, 7) is 0. The van der Waals surface area contributed by atoms with Crippen LogP contribution in [0.3, 0.4) is 0 Å². The molecule has 0 saturated carbocycles. The average Bonchev–Trinajstić information content (AvgIpc) is 2.01. The smallest absolute Gasteiger partial charge is 0.168 e. The summed E-state index contributed by atoms with van der Waals surface area (Å²) in [5.41, 5.74) is 6.34. The van der Waals surface area contributed by atoms with Crippen molar-refractivity contribution < 1.29 is 4.39 Å². The third kappa shape index (κ3) is 2.56. The summed E-state index contributed by atoms with van der Waals surface area (Å²) in [5.74, 6) is -0.309. The van der Waals surface area contributed by atoms with Crippen molar-refractivity contribution in [1.82, 2.24) is 0 Å². The summed E-state index contributed by atoms with van der Waals surface area (Å²) in [4.78, 5) is 1.69. The van der Waals surface area contributed by atoms with Gasteiger partial charge in [-0.05, 0) is 30.4 Å². The molecule has 0 fully saturated rings. The van der Waals surface area contributed by atoms with E-state index < -0.39 is 0 Å². The fourth-order valence-corrected chi connectivity index (χ4v) is 1.21. The van der Waals surface area contributed by atoms with Crippen LogP contribution in [0.2, 0.25) is 0 Å². The second kappa shape index (κ2) is 4.23. The summed E-state index contributed by atoms with van der Waals surface area (Å²) < 4.78 is 13.4. The Hall–Kier alpha value is -1.36. The van der Waals surface area contributed by atoms with Crippen molar-refractivity contribution in [3.05, 3.63) is 24.0 Å². The average molecular weight is 213 g/mol. The van der Waals surface area contributed by atoms with Crippen molar-refractivity contribution in [1.29, 1.82) is 0 Å². The number of nitrogens with one attached hydrogen (secondary N) is 1. The van der Waals surface area contributed by atoms with E-state index in [1.165, 1.54) is 6.07 Å². The van der Waals surface area contributed by atoms with E-state index in [-0.39, 0.29) is 10.9 Å². The van der Waals surface area contributed by atoms with Gasteiger partial charge in [0.05, 0.1) is 5.69 Å². The fourth-order valence-electron chi connectivity index (χ4n) is 1.09. The lowest BCUT2D eigenvalue weighted by molar-refractivity contribution is 0.627. The zero-order valence-corrected chi connectivity index (χ0v) is 8.86. The van der Waals surface area contributed by atoms with Crippen LogP contribution in [0.15, 0.2) is 18.2 Å². The first-order valence-electron chi connectivity index (χ1n) is 4.04. The first-order valence-corrected chi connectivity index (χ1v) is 4.45. The number of halogens is 1. The second-order valence-corrected chi connectivity index (χ2v) is 3.49. The minimum Gasteiger partial charge on any atom is -0.376 e. The summed E-state index contributed by atoms with van der Waals surface area (Å²) in [6, 6.07) is 4.74. The normalized spacial score (nSPS) is 9.64. The van der Waals surface area contributed by atoms with Crippen LogP contribution >= 0.6 is 12.2 Å². The van der Waals surface area contributed by atoms with Crippen LogP contribution in [0.1, 0.15) is 0 Å². The van der Waals surface area contributed by atoms with Gasteiger partial charge < -0.3 is 16.0 Å². The van der Waals surface area contributed by atoms with Gasteiger partial charge in [0.2, 0.25) is 0 Å². The van der Waals surface area contributed by atoms with Gasteiger partial charge in [-0.1, -0.05) is 0 Å². The molecule has 5 heteroatoms. The van der Waals surface area contributed by atoms with Crippen molar-refractivity contribution in [3.8, 4) is 0 Å². The van der Waals surface area contributed by atoms with Gasteiger partial charge in [-0.25, -0.2) is 4.39 Å². The van der Waals surface area contributed by atoms with E-state index >= 15 is 0 Å². The highest BCUT2D eigenvalue weighted by molar-refractivity contribution is 7.80. The molecular weight excluding hydrogens is 201 g/mol. The first kappa shape index (κ1) is 10.7. The molecule has 1 aromatic rings. The molecule has 14 heavy (non-hydrogen) atoms. The lowest BCUT2D eigenvalue weighted by atomic mass is 10.2. The Bertz CT molecular complexity index is 352. The van der Waals surface area contributed by atoms with Crippen LogP contribution in [0.4, 0.5) is 15.8 Å². The Morgan fingerprint density at radius 3 is 2.57 bits per heavy atom. The molecule has 0 aliphatic rings. The number of nitrogens with two attached hydrogens (primary N) is 1. The van der Waals surface area contributed by atoms with E-state index in [1.807, 2.05) is 0 Å². The Morgan fingerprint density at radius 2 is 2.14 bits per heavy atom. The topological polar surface area (TPSA) is 41.3 Å². The molecule has 0 unspecified atom stereocenters. The molecule has 0 aromatic heterocycles. The van der Waals surface area contributed by atoms with Gasteiger partial charge in [0, 0.05) is 19.8 Å². The number of thiocarbonyl (C=S) groups is 1. The highest BCUT2D eigenvalue weighted by atomic mass is 32.1. The summed E-state index contributed by atoms with van der Waals surface area (Å²) in [6.07, 6.45) is 0. The predicted molar refractivity (Wildman–Crippen MR) is 61.1 cm³/mol. The Kier molecular flexibility index (Phi) is 3.24. The molecular formula is C9H12FN3S. The van der Waals surface area contributed by atoms with E-state index in [4.69, 9.17) is 5.73 Å². The van der Waals surface area contributed by atoms with Crippen LogP contribution in [0.25, 0.3) is 0 Å². The van der Waals surface area contributed by atoms with E-state index in [2.05, 4.69) is 17.5 Å². The van der Waals surface area contributed by atoms with Crippen molar-refractivity contribution in [3.63, 3.8) is 0 Å². The maximum atomic E-state index is 13.4. The maximum Gasteiger partial charge on any atom is 0.168 e. The van der Waals surface area contributed by atoms with Crippen LogP contribution < -0.4 is 16.0 Å². The van der Waals surface area contributed by atoms with Gasteiger partial charge in [-0.3, -0.25) is 0 Å². The summed E-state index contributed by atoms with van der Waals surface area (Å²) in [7, 11) is 3.55. The van der Waals surface area contributed by atoms with E-state index in [9.17, 15) is 4.39 Å². The Morgan fingerprint density at radius 1 is 1.50 bits per heavy atom. The molecule has 0 aliphatic carbocycles. The molecule has 0 spiro atoms. The molecule has 0 heterocycles. The van der Waals surface area contributed by atoms with Gasteiger partial charge in [0.1, 0.15) is 5.82 Å². The van der Waals surface area contributed by atoms with Crippen molar-refractivity contribution in [2.75, 3.05) is 24.3 Å². The Labute approximate surface area is 87.7 Å². The highest BCUT2D eigenvalue weighted by Crippen LogP contribution is 2.20. The van der Waals surface area contributed by atoms with Gasteiger partial charge in [0.15, 0.2) is 5.11 Å². The molecule has 1 aromatic carbocycles. The number of anilines is 2. The monoisotopic (exact) mass is 213 g/mol. The maximum absolute atomic E-state index is 13.4. The fraction of sp³-hybridized carbons (Fsp3) is 0.222. The number of rotatable bonds is 2. The third-order valence-electron chi connectivity index (χ3n) is 1.70. The van der Waals surface area contributed by atoms with Crippen molar-refractivity contribution in [2.45, 2.75) is 0 Å². The van der Waals surface area contributed by atoms with Crippen molar-refractivity contribution in [2.24, 2.45) is 5.73 Å². The standard InChI is InChI=1S/C9H12FN3S/c1-13(2)8-4-3-6(5-7(8)10)12-9(11)14/h3-5H,1-2H3,(H3,11,12,14). The zero-order valence-electron chi connectivity index (χ0n) is 8.04. The lowest BCUT2D eigenvalue weighted by Crippen LogP contribution is -2.19. The lowest BCUT2D eigenvalue weighted by Gasteiger charge is -2.14. The third-order valence-corrected chi connectivity index (χ3v) is 1.80. The zero-order chi connectivity index (χ0) is 10.7. The predicted octanol–water partition coefficient (Wildman–Crippen LogP) is 1.55. The number of benzene rings is 1. The molecule has 0 atom stereocenters. The van der Waals surface area contributed by atoms with Crippen LogP contribution in [-0.2, 0) is 0 Å². The molecule has 0 radical (unpaired) electrons. The number of hydrogen-bond donors (Lipinski definition) is 2. The molecule has 76 valence electrons. The van der Waals surface area contributed by atoms with Crippen LogP contribution in [0, 0.1) is 5.82 Å². The van der Waals surface area contributed by atoms with Gasteiger partial charge in [-0.15, -0.1) is 0 Å². The van der Waals surface area contributed by atoms with Gasteiger partial charge >= 0.3 is 0 Å². The molecule has 3 N–H and O–H groups in total. The quantitative estimate of drug-likeness (QED) is 0.731. The van der Waals surface area contributed by atoms with E-state index in [0.717, 1.165) is 0 Å². The highest BCUT2D eigenvalue weighted by Gasteiger charge is 2.04. The summed E-state index contributed by atoms with van der Waals surface area (Å²) in [5, 5.41) is 2.79. The van der Waals surface area contributed by atoms with Crippen LogP contribution in [0.5, 0.6) is 0 Å². The number of nitrogens with zero attached hydrogens (tertiary/aromatic N) is 1. The molecule has 0 amide bonds.